The summed E-state index contributed by atoms with van der Waals surface area (Å²) in [5.74, 6) is -0.477. The fraction of sp³-hybridized carbons (Fsp3) is 0.579. The summed E-state index contributed by atoms with van der Waals surface area (Å²) < 4.78 is 10.1. The van der Waals surface area contributed by atoms with E-state index in [2.05, 4.69) is 27.5 Å². The van der Waals surface area contributed by atoms with E-state index in [1.807, 2.05) is 24.3 Å². The molecule has 27 heavy (non-hydrogen) atoms. The van der Waals surface area contributed by atoms with Crippen molar-refractivity contribution in [2.45, 2.75) is 6.04 Å². The van der Waals surface area contributed by atoms with Gasteiger partial charge in [-0.25, -0.2) is 0 Å². The minimum Gasteiger partial charge on any atom is -0.497 e. The predicted octanol–water partition coefficient (Wildman–Crippen LogP) is -0.137. The molecule has 1 aliphatic rings. The second kappa shape index (κ2) is 10.9. The molecule has 8 nitrogen and oxygen atoms in total. The molecule has 1 aromatic carbocycles. The maximum Gasteiger partial charge on any atom is 0.309 e. The molecule has 1 fully saturated rings. The molecule has 0 bridgehead atoms. The first-order valence-electron chi connectivity index (χ1n) is 9.16. The third-order valence-electron chi connectivity index (χ3n) is 4.73. The topological polar surface area (TPSA) is 83.1 Å². The Hall–Kier alpha value is -2.16. The predicted molar refractivity (Wildman–Crippen MR) is 103 cm³/mol. The lowest BCUT2D eigenvalue weighted by Crippen LogP contribution is -2.49. The third-order valence-corrected chi connectivity index (χ3v) is 4.73. The zero-order valence-corrected chi connectivity index (χ0v) is 16.4. The number of carbonyl (C=O) groups excluding carboxylic acids is 2. The molecule has 1 atom stereocenters. The molecular formula is C19H30N4O4. The largest absolute Gasteiger partial charge is 0.497 e. The quantitative estimate of drug-likeness (QED) is 0.484. The number of carbonyl (C=O) groups is 2. The van der Waals surface area contributed by atoms with Gasteiger partial charge >= 0.3 is 11.8 Å². The summed E-state index contributed by atoms with van der Waals surface area (Å²) >= 11 is 0. The van der Waals surface area contributed by atoms with E-state index in [1.165, 1.54) is 0 Å². The molecule has 0 aliphatic carbocycles. The van der Waals surface area contributed by atoms with Crippen molar-refractivity contribution in [3.8, 4) is 5.75 Å². The van der Waals surface area contributed by atoms with Gasteiger partial charge in [0.05, 0.1) is 19.8 Å². The van der Waals surface area contributed by atoms with E-state index in [-0.39, 0.29) is 6.04 Å². The molecule has 2 N–H and O–H groups in total. The van der Waals surface area contributed by atoms with E-state index >= 15 is 0 Å². The first kappa shape index (κ1) is 21.1. The molecule has 0 aromatic heterocycles. The highest BCUT2D eigenvalue weighted by Gasteiger charge is 2.25. The van der Waals surface area contributed by atoms with E-state index in [4.69, 9.17) is 9.47 Å². The van der Waals surface area contributed by atoms with Crippen molar-refractivity contribution in [2.24, 2.45) is 0 Å². The molecule has 1 heterocycles. The molecule has 2 rings (SSSR count). The van der Waals surface area contributed by atoms with Crippen molar-refractivity contribution in [3.05, 3.63) is 29.8 Å². The van der Waals surface area contributed by atoms with E-state index in [9.17, 15) is 9.59 Å². The number of rotatable bonds is 8. The third kappa shape index (κ3) is 6.50. The average molecular weight is 378 g/mol. The van der Waals surface area contributed by atoms with Crippen LogP contribution in [0, 0.1) is 0 Å². The Balaban J connectivity index is 2.01. The Bertz CT molecular complexity index is 600. The fourth-order valence-corrected chi connectivity index (χ4v) is 3.03. The van der Waals surface area contributed by atoms with Crippen molar-refractivity contribution >= 4 is 11.8 Å². The van der Waals surface area contributed by atoms with Crippen molar-refractivity contribution in [3.63, 3.8) is 0 Å². The molecular weight excluding hydrogens is 348 g/mol. The van der Waals surface area contributed by atoms with Crippen molar-refractivity contribution in [1.29, 1.82) is 0 Å². The minimum absolute atomic E-state index is 0.000307. The van der Waals surface area contributed by atoms with Crippen LogP contribution >= 0.6 is 0 Å². The molecule has 0 saturated carbocycles. The van der Waals surface area contributed by atoms with Crippen LogP contribution in [-0.2, 0) is 14.3 Å². The standard InChI is InChI=1S/C19H30N4O4/c1-22-9-11-23(12-10-22)17(15-4-6-16(27-3)7-5-15)14-21-19(25)18(24)20-8-13-26-2/h4-7,17H,8-14H2,1-3H3,(H,20,24)(H,21,25)/t17-/m1/s1. The summed E-state index contributed by atoms with van der Waals surface area (Å²) in [5, 5.41) is 5.30. The number of ether oxygens (including phenoxy) is 2. The smallest absolute Gasteiger partial charge is 0.309 e. The molecule has 8 heteroatoms. The van der Waals surface area contributed by atoms with Gasteiger partial charge in [-0.15, -0.1) is 0 Å². The summed E-state index contributed by atoms with van der Waals surface area (Å²) in [4.78, 5) is 28.6. The van der Waals surface area contributed by atoms with Crippen LogP contribution in [0.4, 0.5) is 0 Å². The highest BCUT2D eigenvalue weighted by atomic mass is 16.5. The Morgan fingerprint density at radius 3 is 2.26 bits per heavy atom. The van der Waals surface area contributed by atoms with Gasteiger partial charge in [-0.1, -0.05) is 12.1 Å². The van der Waals surface area contributed by atoms with Gasteiger partial charge in [-0.05, 0) is 24.7 Å². The van der Waals surface area contributed by atoms with Gasteiger partial charge in [-0.3, -0.25) is 14.5 Å². The van der Waals surface area contributed by atoms with Gasteiger partial charge in [0, 0.05) is 46.4 Å². The molecule has 1 aliphatic heterocycles. The Kier molecular flexibility index (Phi) is 8.50. The number of piperazine rings is 1. The van der Waals surface area contributed by atoms with Crippen LogP contribution in [0.25, 0.3) is 0 Å². The maximum absolute atomic E-state index is 12.1. The molecule has 0 unspecified atom stereocenters. The first-order chi connectivity index (χ1) is 13.0. The number of nitrogens with one attached hydrogen (secondary N) is 2. The Labute approximate surface area is 160 Å². The Morgan fingerprint density at radius 1 is 1.04 bits per heavy atom. The van der Waals surface area contributed by atoms with Crippen LogP contribution in [0.5, 0.6) is 5.75 Å². The summed E-state index contributed by atoms with van der Waals surface area (Å²) in [6, 6.07) is 7.84. The lowest BCUT2D eigenvalue weighted by molar-refractivity contribution is -0.139. The number of hydrogen-bond donors (Lipinski definition) is 2. The van der Waals surface area contributed by atoms with Crippen LogP contribution in [0.2, 0.25) is 0 Å². The van der Waals surface area contributed by atoms with E-state index < -0.39 is 11.8 Å². The van der Waals surface area contributed by atoms with Gasteiger partial charge in [0.1, 0.15) is 5.75 Å². The van der Waals surface area contributed by atoms with Crippen LogP contribution in [0.1, 0.15) is 11.6 Å². The lowest BCUT2D eigenvalue weighted by atomic mass is 10.0. The molecule has 0 spiro atoms. The van der Waals surface area contributed by atoms with Gasteiger partial charge in [0.2, 0.25) is 0 Å². The molecule has 0 radical (unpaired) electrons. The number of likely N-dealkylation sites (N-methyl/N-ethyl adjacent to an activating group) is 1. The maximum atomic E-state index is 12.1. The van der Waals surface area contributed by atoms with Gasteiger partial charge < -0.3 is 25.0 Å². The van der Waals surface area contributed by atoms with Gasteiger partial charge in [-0.2, -0.15) is 0 Å². The normalized spacial score (nSPS) is 16.6. The fourth-order valence-electron chi connectivity index (χ4n) is 3.03. The molecule has 150 valence electrons. The number of methoxy groups -OCH3 is 2. The van der Waals surface area contributed by atoms with Gasteiger partial charge in [0.25, 0.3) is 0 Å². The van der Waals surface area contributed by atoms with E-state index in [0.29, 0.717) is 19.7 Å². The van der Waals surface area contributed by atoms with E-state index in [1.54, 1.807) is 14.2 Å². The molecule has 1 saturated heterocycles. The zero-order valence-electron chi connectivity index (χ0n) is 16.4. The van der Waals surface area contributed by atoms with E-state index in [0.717, 1.165) is 37.5 Å². The number of amides is 2. The summed E-state index contributed by atoms with van der Waals surface area (Å²) in [7, 11) is 5.28. The average Bonchev–Trinajstić information content (AvgIpc) is 2.69. The summed E-state index contributed by atoms with van der Waals surface area (Å²) in [5.41, 5.74) is 1.08. The second-order valence-electron chi connectivity index (χ2n) is 6.59. The van der Waals surface area contributed by atoms with Gasteiger partial charge in [0.15, 0.2) is 0 Å². The number of hydrogen-bond acceptors (Lipinski definition) is 6. The first-order valence-corrected chi connectivity index (χ1v) is 9.16. The van der Waals surface area contributed by atoms with Crippen LogP contribution < -0.4 is 15.4 Å². The SMILES string of the molecule is COCCNC(=O)C(=O)NC[C@H](c1ccc(OC)cc1)N1CCN(C)CC1. The lowest BCUT2D eigenvalue weighted by Gasteiger charge is -2.38. The highest BCUT2D eigenvalue weighted by molar-refractivity contribution is 6.35. The monoisotopic (exact) mass is 378 g/mol. The Morgan fingerprint density at radius 2 is 1.67 bits per heavy atom. The summed E-state index contributed by atoms with van der Waals surface area (Å²) in [6.07, 6.45) is 0. The highest BCUT2D eigenvalue weighted by Crippen LogP contribution is 2.23. The zero-order chi connectivity index (χ0) is 19.6. The molecule has 2 amide bonds. The number of benzene rings is 1. The molecule has 1 aromatic rings. The number of nitrogens with zero attached hydrogens (tertiary/aromatic N) is 2. The van der Waals surface area contributed by atoms with Crippen molar-refractivity contribution in [1.82, 2.24) is 20.4 Å². The summed E-state index contributed by atoms with van der Waals surface area (Å²) in [6.45, 7) is 4.80. The van der Waals surface area contributed by atoms with Crippen molar-refractivity contribution < 1.29 is 19.1 Å². The van der Waals surface area contributed by atoms with Crippen LogP contribution in [0.3, 0.4) is 0 Å². The van der Waals surface area contributed by atoms with Crippen LogP contribution in [-0.4, -0.2) is 88.8 Å². The minimum atomic E-state index is -0.640. The second-order valence-corrected chi connectivity index (χ2v) is 6.59. The van der Waals surface area contributed by atoms with Crippen molar-refractivity contribution in [2.75, 3.05) is 67.1 Å². The van der Waals surface area contributed by atoms with Crippen LogP contribution in [0.15, 0.2) is 24.3 Å².